The highest BCUT2D eigenvalue weighted by Crippen LogP contribution is 2.21. The average molecular weight is 263 g/mol. The topological polar surface area (TPSA) is 62.2 Å². The highest BCUT2D eigenvalue weighted by atomic mass is 35.5. The van der Waals surface area contributed by atoms with E-state index in [1.807, 2.05) is 0 Å². The predicted octanol–water partition coefficient (Wildman–Crippen LogP) is 2.48. The summed E-state index contributed by atoms with van der Waals surface area (Å²) in [5.41, 5.74) is 1.42. The summed E-state index contributed by atoms with van der Waals surface area (Å²) < 4.78 is 0. The first-order valence-electron chi connectivity index (χ1n) is 5.32. The number of nitrogens with one attached hydrogen (secondary N) is 1. The van der Waals surface area contributed by atoms with Gasteiger partial charge >= 0.3 is 0 Å². The van der Waals surface area contributed by atoms with E-state index in [0.717, 1.165) is 0 Å². The van der Waals surface area contributed by atoms with Gasteiger partial charge in [-0.05, 0) is 24.3 Å². The Morgan fingerprint density at radius 2 is 2.11 bits per heavy atom. The van der Waals surface area contributed by atoms with Crippen LogP contribution in [0.1, 0.15) is 16.1 Å². The molecule has 0 aliphatic carbocycles. The summed E-state index contributed by atoms with van der Waals surface area (Å²) in [5.74, 6) is -0.291. The summed E-state index contributed by atoms with van der Waals surface area (Å²) in [6.07, 6.45) is 1.48. The highest BCUT2D eigenvalue weighted by molar-refractivity contribution is 6.33. The molecule has 0 aliphatic heterocycles. The molecule has 92 valence electrons. The molecule has 18 heavy (non-hydrogen) atoms. The maximum atomic E-state index is 12.0. The van der Waals surface area contributed by atoms with Gasteiger partial charge < -0.3 is 10.4 Å². The second-order valence-electron chi connectivity index (χ2n) is 3.63. The number of pyridine rings is 1. The summed E-state index contributed by atoms with van der Waals surface area (Å²) in [6, 6.07) is 10.1. The van der Waals surface area contributed by atoms with Gasteiger partial charge in [0.15, 0.2) is 0 Å². The number of nitrogens with zero attached hydrogens (tertiary/aromatic N) is 1. The molecule has 1 amide bonds. The number of carbonyl (C=O) groups excluding carboxylic acids is 1. The Morgan fingerprint density at radius 1 is 1.33 bits per heavy atom. The molecule has 0 saturated carbocycles. The van der Waals surface area contributed by atoms with Crippen LogP contribution in [-0.4, -0.2) is 16.0 Å². The number of rotatable bonds is 3. The molecule has 1 heterocycles. The van der Waals surface area contributed by atoms with Crippen molar-refractivity contribution in [3.05, 3.63) is 58.9 Å². The van der Waals surface area contributed by atoms with Gasteiger partial charge in [0, 0.05) is 11.8 Å². The van der Waals surface area contributed by atoms with Crippen LogP contribution in [0, 0.1) is 0 Å². The first-order valence-corrected chi connectivity index (χ1v) is 5.70. The zero-order valence-corrected chi connectivity index (χ0v) is 10.2. The smallest absolute Gasteiger partial charge is 0.255 e. The number of aromatic nitrogens is 1. The lowest BCUT2D eigenvalue weighted by Crippen LogP contribution is -2.12. The van der Waals surface area contributed by atoms with Gasteiger partial charge in [-0.25, -0.2) is 0 Å². The van der Waals surface area contributed by atoms with Crippen LogP contribution in [0.15, 0.2) is 42.6 Å². The van der Waals surface area contributed by atoms with Crippen molar-refractivity contribution in [2.24, 2.45) is 0 Å². The third kappa shape index (κ3) is 2.85. The maximum Gasteiger partial charge on any atom is 0.255 e. The van der Waals surface area contributed by atoms with Gasteiger partial charge in [-0.15, -0.1) is 0 Å². The molecule has 1 aromatic carbocycles. The number of hydrogen-bond acceptors (Lipinski definition) is 3. The molecule has 5 heteroatoms. The normalized spacial score (nSPS) is 10.1. The Hall–Kier alpha value is -1.91. The van der Waals surface area contributed by atoms with E-state index in [1.165, 1.54) is 12.3 Å². The molecule has 2 aromatic rings. The average Bonchev–Trinajstić information content (AvgIpc) is 2.41. The first-order chi connectivity index (χ1) is 8.70. The summed E-state index contributed by atoms with van der Waals surface area (Å²) in [7, 11) is 0. The second-order valence-corrected chi connectivity index (χ2v) is 4.04. The van der Waals surface area contributed by atoms with Gasteiger partial charge in [0.2, 0.25) is 0 Å². The minimum absolute atomic E-state index is 0.201. The molecule has 0 unspecified atom stereocenters. The number of hydrogen-bond donors (Lipinski definition) is 2. The maximum absolute atomic E-state index is 12.0. The number of carbonyl (C=O) groups is 1. The molecule has 0 radical (unpaired) electrons. The fourth-order valence-electron chi connectivity index (χ4n) is 1.46. The summed E-state index contributed by atoms with van der Waals surface area (Å²) in [4.78, 5) is 15.9. The van der Waals surface area contributed by atoms with Crippen molar-refractivity contribution in [2.75, 3.05) is 5.32 Å². The summed E-state index contributed by atoms with van der Waals surface area (Å²) >= 11 is 5.95. The van der Waals surface area contributed by atoms with Crippen LogP contribution in [0.3, 0.4) is 0 Å². The fraction of sp³-hybridized carbons (Fsp3) is 0.0769. The number of aliphatic hydroxyl groups excluding tert-OH is 1. The Kier molecular flexibility index (Phi) is 3.92. The Morgan fingerprint density at radius 3 is 2.83 bits per heavy atom. The predicted molar refractivity (Wildman–Crippen MR) is 69.6 cm³/mol. The van der Waals surface area contributed by atoms with Gasteiger partial charge in [-0.3, -0.25) is 9.78 Å². The van der Waals surface area contributed by atoms with Gasteiger partial charge in [0.1, 0.15) is 0 Å². The van der Waals surface area contributed by atoms with Crippen LogP contribution >= 0.6 is 11.6 Å². The molecular weight excluding hydrogens is 252 g/mol. The number of aliphatic hydroxyl groups is 1. The van der Waals surface area contributed by atoms with E-state index in [-0.39, 0.29) is 12.5 Å². The van der Waals surface area contributed by atoms with Gasteiger partial charge in [0.25, 0.3) is 5.91 Å². The lowest BCUT2D eigenvalue weighted by molar-refractivity contribution is 0.102. The zero-order chi connectivity index (χ0) is 13.0. The van der Waals surface area contributed by atoms with E-state index in [4.69, 9.17) is 16.7 Å². The molecule has 0 aliphatic rings. The lowest BCUT2D eigenvalue weighted by atomic mass is 10.2. The van der Waals surface area contributed by atoms with Crippen molar-refractivity contribution >= 4 is 23.2 Å². The van der Waals surface area contributed by atoms with Gasteiger partial charge in [-0.2, -0.15) is 0 Å². The molecule has 0 spiro atoms. The molecule has 0 fully saturated rings. The molecule has 0 bridgehead atoms. The Balaban J connectivity index is 2.19. The quantitative estimate of drug-likeness (QED) is 0.893. The van der Waals surface area contributed by atoms with Gasteiger partial charge in [-0.1, -0.05) is 23.7 Å². The van der Waals surface area contributed by atoms with E-state index < -0.39 is 0 Å². The minimum Gasteiger partial charge on any atom is -0.390 e. The third-order valence-electron chi connectivity index (χ3n) is 2.36. The third-order valence-corrected chi connectivity index (χ3v) is 2.69. The van der Waals surface area contributed by atoms with Crippen LogP contribution in [0.4, 0.5) is 5.69 Å². The van der Waals surface area contributed by atoms with Gasteiger partial charge in [0.05, 0.1) is 23.0 Å². The van der Waals surface area contributed by atoms with E-state index >= 15 is 0 Å². The van der Waals surface area contributed by atoms with Crippen molar-refractivity contribution in [3.63, 3.8) is 0 Å². The number of anilines is 1. The number of halogens is 1. The Labute approximate surface area is 109 Å². The number of para-hydroxylation sites is 1. The molecule has 2 rings (SSSR count). The van der Waals surface area contributed by atoms with Crippen LogP contribution in [0.5, 0.6) is 0 Å². The number of benzene rings is 1. The molecule has 2 N–H and O–H groups in total. The van der Waals surface area contributed by atoms with Crippen molar-refractivity contribution in [3.8, 4) is 0 Å². The number of amides is 1. The first kappa shape index (κ1) is 12.5. The lowest BCUT2D eigenvalue weighted by Gasteiger charge is -2.07. The summed E-state index contributed by atoms with van der Waals surface area (Å²) in [5, 5.41) is 12.1. The Bertz CT molecular complexity index is 572. The van der Waals surface area contributed by atoms with E-state index in [2.05, 4.69) is 10.3 Å². The van der Waals surface area contributed by atoms with Crippen molar-refractivity contribution in [2.45, 2.75) is 6.61 Å². The molecular formula is C13H11ClN2O2. The van der Waals surface area contributed by atoms with Crippen LogP contribution in [0.2, 0.25) is 5.02 Å². The highest BCUT2D eigenvalue weighted by Gasteiger charge is 2.08. The van der Waals surface area contributed by atoms with Crippen LogP contribution in [0.25, 0.3) is 0 Å². The fourth-order valence-corrected chi connectivity index (χ4v) is 1.65. The molecule has 0 atom stereocenters. The van der Waals surface area contributed by atoms with E-state index in [0.29, 0.717) is 22.0 Å². The van der Waals surface area contributed by atoms with Crippen LogP contribution < -0.4 is 5.32 Å². The van der Waals surface area contributed by atoms with E-state index in [9.17, 15) is 4.79 Å². The standard InChI is InChI=1S/C13H11ClN2O2/c14-11-3-1-2-4-12(11)16-13(18)9-5-6-15-10(7-9)8-17/h1-7,17H,8H2,(H,16,18). The van der Waals surface area contributed by atoms with Crippen molar-refractivity contribution in [1.82, 2.24) is 4.98 Å². The largest absolute Gasteiger partial charge is 0.390 e. The van der Waals surface area contributed by atoms with Crippen molar-refractivity contribution < 1.29 is 9.90 Å². The van der Waals surface area contributed by atoms with Crippen LogP contribution in [-0.2, 0) is 6.61 Å². The monoisotopic (exact) mass is 262 g/mol. The summed E-state index contributed by atoms with van der Waals surface area (Å²) in [6.45, 7) is -0.201. The van der Waals surface area contributed by atoms with Crippen molar-refractivity contribution in [1.29, 1.82) is 0 Å². The minimum atomic E-state index is -0.291. The molecule has 0 saturated heterocycles. The molecule has 1 aromatic heterocycles. The SMILES string of the molecule is O=C(Nc1ccccc1Cl)c1ccnc(CO)c1. The molecule has 4 nitrogen and oxygen atoms in total. The van der Waals surface area contributed by atoms with E-state index in [1.54, 1.807) is 30.3 Å². The second kappa shape index (κ2) is 5.62. The zero-order valence-electron chi connectivity index (χ0n) is 9.43.